The molecule has 2 rings (SSSR count). The van der Waals surface area contributed by atoms with Crippen LogP contribution in [0, 0.1) is 5.92 Å². The number of piperidine rings is 1. The molecule has 1 fully saturated rings. The summed E-state index contributed by atoms with van der Waals surface area (Å²) < 4.78 is 5.47. The summed E-state index contributed by atoms with van der Waals surface area (Å²) in [6, 6.07) is 8.07. The number of nitrogens with zero attached hydrogens (tertiary/aromatic N) is 1. The monoisotopic (exact) mass is 304 g/mol. The number of rotatable bonds is 3. The van der Waals surface area contributed by atoms with Crippen LogP contribution in [0.15, 0.2) is 24.3 Å². The number of likely N-dealkylation sites (tertiary alicyclic amines) is 1. The molecule has 2 N–H and O–H groups in total. The van der Waals surface area contributed by atoms with Crippen LogP contribution in [0.5, 0.6) is 0 Å². The Labute approximate surface area is 133 Å². The highest BCUT2D eigenvalue weighted by atomic mass is 16.6. The van der Waals surface area contributed by atoms with Crippen LogP contribution in [0.25, 0.3) is 0 Å². The van der Waals surface area contributed by atoms with Crippen LogP contribution in [0.1, 0.15) is 45.6 Å². The predicted octanol–water partition coefficient (Wildman–Crippen LogP) is 3.85. The molecule has 1 atom stereocenters. The first-order valence-electron chi connectivity index (χ1n) is 8.16. The van der Waals surface area contributed by atoms with Gasteiger partial charge < -0.3 is 15.4 Å². The molecule has 122 valence electrons. The number of nitrogen functional groups attached to an aromatic ring is 1. The van der Waals surface area contributed by atoms with Crippen molar-refractivity contribution in [2.75, 3.05) is 18.8 Å². The van der Waals surface area contributed by atoms with E-state index in [-0.39, 0.29) is 6.09 Å². The van der Waals surface area contributed by atoms with E-state index >= 15 is 0 Å². The Morgan fingerprint density at radius 1 is 1.32 bits per heavy atom. The summed E-state index contributed by atoms with van der Waals surface area (Å²) >= 11 is 0. The van der Waals surface area contributed by atoms with E-state index in [1.807, 2.05) is 37.8 Å². The van der Waals surface area contributed by atoms with Gasteiger partial charge in [-0.25, -0.2) is 4.79 Å². The highest BCUT2D eigenvalue weighted by molar-refractivity contribution is 5.68. The van der Waals surface area contributed by atoms with Gasteiger partial charge in [0.05, 0.1) is 0 Å². The lowest BCUT2D eigenvalue weighted by Crippen LogP contribution is -2.42. The Kier molecular flexibility index (Phi) is 5.33. The Hall–Kier alpha value is -1.71. The lowest BCUT2D eigenvalue weighted by molar-refractivity contribution is 0.0162. The van der Waals surface area contributed by atoms with Crippen LogP contribution >= 0.6 is 0 Å². The molecule has 22 heavy (non-hydrogen) atoms. The summed E-state index contributed by atoms with van der Waals surface area (Å²) in [6.45, 7) is 7.35. The lowest BCUT2D eigenvalue weighted by Gasteiger charge is -2.34. The zero-order chi connectivity index (χ0) is 16.2. The van der Waals surface area contributed by atoms with E-state index in [4.69, 9.17) is 10.5 Å². The molecule has 1 aliphatic heterocycles. The molecule has 1 aromatic carbocycles. The van der Waals surface area contributed by atoms with Crippen molar-refractivity contribution in [2.24, 2.45) is 5.92 Å². The molecule has 1 aromatic rings. The van der Waals surface area contributed by atoms with Gasteiger partial charge in [0.1, 0.15) is 5.60 Å². The fourth-order valence-corrected chi connectivity index (χ4v) is 2.85. The van der Waals surface area contributed by atoms with Crippen molar-refractivity contribution in [3.05, 3.63) is 29.8 Å². The second-order valence-electron chi connectivity index (χ2n) is 7.21. The molecule has 0 radical (unpaired) electrons. The quantitative estimate of drug-likeness (QED) is 0.863. The van der Waals surface area contributed by atoms with Gasteiger partial charge in [0.2, 0.25) is 0 Å². The number of hydrogen-bond acceptors (Lipinski definition) is 3. The summed E-state index contributed by atoms with van der Waals surface area (Å²) in [5.74, 6) is 0.554. The SMILES string of the molecule is CC(C)(C)OC(=O)N1CCCC(CCc2ccc(N)cc2)C1. The summed E-state index contributed by atoms with van der Waals surface area (Å²) in [6.07, 6.45) is 4.21. The lowest BCUT2D eigenvalue weighted by atomic mass is 9.92. The van der Waals surface area contributed by atoms with Gasteiger partial charge in [-0.2, -0.15) is 0 Å². The van der Waals surface area contributed by atoms with Crippen LogP contribution < -0.4 is 5.73 Å². The number of hydrogen-bond donors (Lipinski definition) is 1. The molecule has 1 amide bonds. The first-order chi connectivity index (χ1) is 10.3. The Balaban J connectivity index is 1.82. The van der Waals surface area contributed by atoms with Gasteiger partial charge in [-0.1, -0.05) is 12.1 Å². The van der Waals surface area contributed by atoms with E-state index in [2.05, 4.69) is 12.1 Å². The van der Waals surface area contributed by atoms with Gasteiger partial charge in [0.25, 0.3) is 0 Å². The molecule has 0 aliphatic carbocycles. The number of nitrogens with two attached hydrogens (primary N) is 1. The Bertz CT molecular complexity index is 491. The average Bonchev–Trinajstić information content (AvgIpc) is 2.45. The van der Waals surface area contributed by atoms with E-state index in [1.165, 1.54) is 12.0 Å². The maximum atomic E-state index is 12.2. The first-order valence-corrected chi connectivity index (χ1v) is 8.16. The van der Waals surface area contributed by atoms with Gasteiger partial charge in [-0.15, -0.1) is 0 Å². The number of amides is 1. The largest absolute Gasteiger partial charge is 0.444 e. The minimum atomic E-state index is -0.423. The molecule has 0 bridgehead atoms. The minimum absolute atomic E-state index is 0.176. The standard InChI is InChI=1S/C18H28N2O2/c1-18(2,3)22-17(21)20-12-4-5-15(13-20)7-6-14-8-10-16(19)11-9-14/h8-11,15H,4-7,12-13,19H2,1-3H3. The molecule has 0 saturated carbocycles. The van der Waals surface area contributed by atoms with Crippen LogP contribution in [-0.4, -0.2) is 29.7 Å². The van der Waals surface area contributed by atoms with E-state index < -0.39 is 5.60 Å². The van der Waals surface area contributed by atoms with E-state index in [0.717, 1.165) is 38.0 Å². The van der Waals surface area contributed by atoms with Crippen molar-refractivity contribution in [1.29, 1.82) is 0 Å². The Morgan fingerprint density at radius 2 is 2.00 bits per heavy atom. The second kappa shape index (κ2) is 7.03. The summed E-state index contributed by atoms with van der Waals surface area (Å²) in [7, 11) is 0. The maximum Gasteiger partial charge on any atom is 0.410 e. The number of ether oxygens (including phenoxy) is 1. The van der Waals surface area contributed by atoms with E-state index in [1.54, 1.807) is 0 Å². The van der Waals surface area contributed by atoms with Crippen molar-refractivity contribution in [2.45, 2.75) is 52.1 Å². The third-order valence-electron chi connectivity index (χ3n) is 3.99. The first kappa shape index (κ1) is 16.7. The van der Waals surface area contributed by atoms with Gasteiger partial charge in [-0.05, 0) is 70.1 Å². The van der Waals surface area contributed by atoms with Crippen molar-refractivity contribution in [1.82, 2.24) is 4.90 Å². The zero-order valence-corrected chi connectivity index (χ0v) is 14.0. The molecule has 1 aliphatic rings. The fourth-order valence-electron chi connectivity index (χ4n) is 2.85. The van der Waals surface area contributed by atoms with Crippen LogP contribution in [0.3, 0.4) is 0 Å². The number of aryl methyl sites for hydroxylation is 1. The van der Waals surface area contributed by atoms with Gasteiger partial charge in [-0.3, -0.25) is 0 Å². The average molecular weight is 304 g/mol. The number of carbonyl (C=O) groups is 1. The molecule has 1 heterocycles. The summed E-state index contributed by atoms with van der Waals surface area (Å²) in [5.41, 5.74) is 7.40. The molecular weight excluding hydrogens is 276 g/mol. The Morgan fingerprint density at radius 3 is 2.64 bits per heavy atom. The predicted molar refractivity (Wildman–Crippen MR) is 89.7 cm³/mol. The highest BCUT2D eigenvalue weighted by Gasteiger charge is 2.27. The molecular formula is C18H28N2O2. The van der Waals surface area contributed by atoms with Crippen molar-refractivity contribution >= 4 is 11.8 Å². The van der Waals surface area contributed by atoms with Gasteiger partial charge >= 0.3 is 6.09 Å². The summed E-state index contributed by atoms with van der Waals surface area (Å²) in [5, 5.41) is 0. The van der Waals surface area contributed by atoms with Crippen LogP contribution in [0.2, 0.25) is 0 Å². The molecule has 0 aromatic heterocycles. The minimum Gasteiger partial charge on any atom is -0.444 e. The number of benzene rings is 1. The molecule has 4 nitrogen and oxygen atoms in total. The normalized spacial score (nSPS) is 19.0. The number of carbonyl (C=O) groups excluding carboxylic acids is 1. The van der Waals surface area contributed by atoms with Gasteiger partial charge in [0.15, 0.2) is 0 Å². The molecule has 4 heteroatoms. The van der Waals surface area contributed by atoms with Crippen molar-refractivity contribution < 1.29 is 9.53 Å². The zero-order valence-electron chi connectivity index (χ0n) is 14.0. The van der Waals surface area contributed by atoms with Crippen LogP contribution in [-0.2, 0) is 11.2 Å². The van der Waals surface area contributed by atoms with Crippen LogP contribution in [0.4, 0.5) is 10.5 Å². The molecule has 1 unspecified atom stereocenters. The van der Waals surface area contributed by atoms with Crippen molar-refractivity contribution in [3.63, 3.8) is 0 Å². The molecule has 1 saturated heterocycles. The van der Waals surface area contributed by atoms with E-state index in [9.17, 15) is 4.79 Å². The third kappa shape index (κ3) is 5.24. The number of anilines is 1. The fraction of sp³-hybridized carbons (Fsp3) is 0.611. The summed E-state index contributed by atoms with van der Waals surface area (Å²) in [4.78, 5) is 14.0. The van der Waals surface area contributed by atoms with Gasteiger partial charge in [0, 0.05) is 18.8 Å². The maximum absolute atomic E-state index is 12.2. The third-order valence-corrected chi connectivity index (χ3v) is 3.99. The van der Waals surface area contributed by atoms with Crippen molar-refractivity contribution in [3.8, 4) is 0 Å². The molecule has 0 spiro atoms. The topological polar surface area (TPSA) is 55.6 Å². The van der Waals surface area contributed by atoms with E-state index in [0.29, 0.717) is 5.92 Å². The highest BCUT2D eigenvalue weighted by Crippen LogP contribution is 2.23. The smallest absolute Gasteiger partial charge is 0.410 e. The second-order valence-corrected chi connectivity index (χ2v) is 7.21.